The zero-order valence-corrected chi connectivity index (χ0v) is 15.5. The lowest BCUT2D eigenvalue weighted by atomic mass is 10.2. The number of anilines is 1. The van der Waals surface area contributed by atoms with E-state index in [0.29, 0.717) is 0 Å². The van der Waals surface area contributed by atoms with Crippen molar-refractivity contribution in [2.24, 2.45) is 0 Å². The average molecular weight is 411 g/mol. The third kappa shape index (κ3) is 5.01. The fraction of sp³-hybridized carbons (Fsp3) is 0.222. The second-order valence-electron chi connectivity index (χ2n) is 5.79. The molecule has 0 bridgehead atoms. The Kier molecular flexibility index (Phi) is 6.30. The summed E-state index contributed by atoms with van der Waals surface area (Å²) in [4.78, 5) is 12.0. The van der Waals surface area contributed by atoms with E-state index >= 15 is 0 Å². The minimum atomic E-state index is -4.63. The van der Waals surface area contributed by atoms with Crippen molar-refractivity contribution in [3.63, 3.8) is 0 Å². The van der Waals surface area contributed by atoms with Crippen LogP contribution in [0.25, 0.3) is 0 Å². The summed E-state index contributed by atoms with van der Waals surface area (Å²) >= 11 is 0. The van der Waals surface area contributed by atoms with Gasteiger partial charge in [-0.15, -0.1) is 0 Å². The Morgan fingerprint density at radius 1 is 1.18 bits per heavy atom. The van der Waals surface area contributed by atoms with Crippen molar-refractivity contribution < 1.29 is 26.4 Å². The molecule has 0 spiro atoms. The van der Waals surface area contributed by atoms with E-state index in [1.807, 2.05) is 6.07 Å². The molecule has 0 heterocycles. The number of carbonyl (C=O) groups is 1. The molecule has 6 nitrogen and oxygen atoms in total. The van der Waals surface area contributed by atoms with Gasteiger partial charge in [0.15, 0.2) is 0 Å². The lowest BCUT2D eigenvalue weighted by molar-refractivity contribution is -0.138. The maximum Gasteiger partial charge on any atom is 0.405 e. The second kappa shape index (κ2) is 8.31. The van der Waals surface area contributed by atoms with Gasteiger partial charge < -0.3 is 5.32 Å². The van der Waals surface area contributed by atoms with Gasteiger partial charge in [-0.2, -0.15) is 18.4 Å². The van der Waals surface area contributed by atoms with Crippen LogP contribution in [0.2, 0.25) is 0 Å². The molecule has 0 aliphatic carbocycles. The van der Waals surface area contributed by atoms with Crippen LogP contribution in [0.1, 0.15) is 12.5 Å². The summed E-state index contributed by atoms with van der Waals surface area (Å²) in [5.41, 5.74) is 0.183. The monoisotopic (exact) mass is 411 g/mol. The molecule has 2 aromatic carbocycles. The molecule has 2 rings (SSSR count). The standard InChI is InChI=1S/C18H16F3N3O3S/c1-13(17(25)23-12-18(19,20)21)24(15-7-3-2-4-8-15)28(26,27)16-9-5-6-14(10-16)11-22/h2-10,13H,12H2,1H3,(H,23,25)/t13-/m0/s1. The van der Waals surface area contributed by atoms with Gasteiger partial charge in [0, 0.05) is 0 Å². The summed E-state index contributed by atoms with van der Waals surface area (Å²) in [6.07, 6.45) is -4.63. The number of halogens is 3. The van der Waals surface area contributed by atoms with E-state index in [1.165, 1.54) is 49.4 Å². The number of nitrogens with zero attached hydrogens (tertiary/aromatic N) is 2. The molecule has 0 aliphatic heterocycles. The first-order chi connectivity index (χ1) is 13.1. The molecule has 0 fully saturated rings. The van der Waals surface area contributed by atoms with Gasteiger partial charge in [0.05, 0.1) is 22.2 Å². The van der Waals surface area contributed by atoms with Gasteiger partial charge in [-0.1, -0.05) is 24.3 Å². The number of carbonyl (C=O) groups excluding carboxylic acids is 1. The van der Waals surface area contributed by atoms with E-state index in [9.17, 15) is 26.4 Å². The Balaban J connectivity index is 2.48. The summed E-state index contributed by atoms with van der Waals surface area (Å²) < 4.78 is 64.3. The Morgan fingerprint density at radius 3 is 2.39 bits per heavy atom. The highest BCUT2D eigenvalue weighted by Gasteiger charge is 2.35. The average Bonchev–Trinajstić information content (AvgIpc) is 2.66. The van der Waals surface area contributed by atoms with E-state index in [1.54, 1.807) is 11.4 Å². The molecule has 28 heavy (non-hydrogen) atoms. The van der Waals surface area contributed by atoms with Crippen LogP contribution in [-0.2, 0) is 14.8 Å². The molecular formula is C18H16F3N3O3S. The summed E-state index contributed by atoms with van der Waals surface area (Å²) in [7, 11) is -4.34. The Bertz CT molecular complexity index is 986. The van der Waals surface area contributed by atoms with Crippen molar-refractivity contribution >= 4 is 21.6 Å². The fourth-order valence-corrected chi connectivity index (χ4v) is 4.09. The van der Waals surface area contributed by atoms with Crippen LogP contribution in [-0.4, -0.2) is 33.1 Å². The van der Waals surface area contributed by atoms with Crippen molar-refractivity contribution in [2.45, 2.75) is 24.0 Å². The minimum absolute atomic E-state index is 0.0864. The normalized spacial score (nSPS) is 12.7. The van der Waals surface area contributed by atoms with E-state index in [4.69, 9.17) is 5.26 Å². The third-order valence-corrected chi connectivity index (χ3v) is 5.62. The highest BCUT2D eigenvalue weighted by Crippen LogP contribution is 2.27. The molecule has 0 aliphatic rings. The molecule has 1 amide bonds. The predicted molar refractivity (Wildman–Crippen MR) is 95.8 cm³/mol. The SMILES string of the molecule is C[C@@H](C(=O)NCC(F)(F)F)N(c1ccccc1)S(=O)(=O)c1cccc(C#N)c1. The zero-order valence-electron chi connectivity index (χ0n) is 14.6. The highest BCUT2D eigenvalue weighted by atomic mass is 32.2. The number of benzene rings is 2. The van der Waals surface area contributed by atoms with Crippen LogP contribution >= 0.6 is 0 Å². The molecule has 10 heteroatoms. The van der Waals surface area contributed by atoms with Crippen LogP contribution in [0, 0.1) is 11.3 Å². The number of para-hydroxylation sites is 1. The molecule has 0 aromatic heterocycles. The molecule has 0 radical (unpaired) electrons. The molecule has 0 unspecified atom stereocenters. The van der Waals surface area contributed by atoms with Gasteiger partial charge in [-0.05, 0) is 37.3 Å². The quantitative estimate of drug-likeness (QED) is 0.792. The number of alkyl halides is 3. The predicted octanol–water partition coefficient (Wildman–Crippen LogP) is 2.82. The summed E-state index contributed by atoms with van der Waals surface area (Å²) in [5, 5.41) is 10.7. The number of nitriles is 1. The molecule has 1 N–H and O–H groups in total. The number of rotatable bonds is 6. The van der Waals surface area contributed by atoms with Crippen molar-refractivity contribution in [1.29, 1.82) is 5.26 Å². The van der Waals surface area contributed by atoms with Gasteiger partial charge in [0.1, 0.15) is 12.6 Å². The summed E-state index contributed by atoms with van der Waals surface area (Å²) in [5.74, 6) is -1.11. The Labute approximate surface area is 160 Å². The molecule has 0 saturated carbocycles. The van der Waals surface area contributed by atoms with Gasteiger partial charge in [-0.3, -0.25) is 9.10 Å². The Morgan fingerprint density at radius 2 is 1.82 bits per heavy atom. The van der Waals surface area contributed by atoms with Crippen LogP contribution in [0.5, 0.6) is 0 Å². The van der Waals surface area contributed by atoms with Gasteiger partial charge in [0.25, 0.3) is 10.0 Å². The summed E-state index contributed by atoms with van der Waals surface area (Å²) in [6, 6.07) is 13.0. The second-order valence-corrected chi connectivity index (χ2v) is 7.60. The largest absolute Gasteiger partial charge is 0.405 e. The molecule has 2 aromatic rings. The maximum atomic E-state index is 13.2. The smallest absolute Gasteiger partial charge is 0.345 e. The van der Waals surface area contributed by atoms with Crippen LogP contribution in [0.4, 0.5) is 18.9 Å². The van der Waals surface area contributed by atoms with Crippen LogP contribution in [0.15, 0.2) is 59.5 Å². The van der Waals surface area contributed by atoms with Crippen molar-refractivity contribution in [2.75, 3.05) is 10.8 Å². The number of hydrogen-bond acceptors (Lipinski definition) is 4. The first-order valence-corrected chi connectivity index (χ1v) is 9.44. The molecular weight excluding hydrogens is 395 g/mol. The number of nitrogens with one attached hydrogen (secondary N) is 1. The van der Waals surface area contributed by atoms with Crippen molar-refractivity contribution in [3.05, 3.63) is 60.2 Å². The maximum absolute atomic E-state index is 13.2. The third-order valence-electron chi connectivity index (χ3n) is 3.72. The van der Waals surface area contributed by atoms with Gasteiger partial charge in [-0.25, -0.2) is 8.42 Å². The van der Waals surface area contributed by atoms with Crippen LogP contribution < -0.4 is 9.62 Å². The van der Waals surface area contributed by atoms with Gasteiger partial charge >= 0.3 is 6.18 Å². The Hall–Kier alpha value is -3.06. The molecule has 148 valence electrons. The van der Waals surface area contributed by atoms with E-state index < -0.39 is 34.7 Å². The fourth-order valence-electron chi connectivity index (χ4n) is 2.43. The lowest BCUT2D eigenvalue weighted by Crippen LogP contribution is -2.49. The van der Waals surface area contributed by atoms with E-state index in [2.05, 4.69) is 0 Å². The summed E-state index contributed by atoms with van der Waals surface area (Å²) in [6.45, 7) is -0.396. The topological polar surface area (TPSA) is 90.3 Å². The first kappa shape index (κ1) is 21.2. The highest BCUT2D eigenvalue weighted by molar-refractivity contribution is 7.93. The number of sulfonamides is 1. The zero-order chi connectivity index (χ0) is 20.9. The minimum Gasteiger partial charge on any atom is -0.345 e. The number of amides is 1. The van der Waals surface area contributed by atoms with Crippen molar-refractivity contribution in [1.82, 2.24) is 5.32 Å². The van der Waals surface area contributed by atoms with E-state index in [-0.39, 0.29) is 16.1 Å². The lowest BCUT2D eigenvalue weighted by Gasteiger charge is -2.30. The van der Waals surface area contributed by atoms with E-state index in [0.717, 1.165) is 10.4 Å². The van der Waals surface area contributed by atoms with Crippen LogP contribution in [0.3, 0.4) is 0 Å². The molecule has 0 saturated heterocycles. The first-order valence-electron chi connectivity index (χ1n) is 8.00. The number of hydrogen-bond donors (Lipinski definition) is 1. The molecule has 1 atom stereocenters. The van der Waals surface area contributed by atoms with Gasteiger partial charge in [0.2, 0.25) is 5.91 Å². The van der Waals surface area contributed by atoms with Crippen molar-refractivity contribution in [3.8, 4) is 6.07 Å².